The molecule has 0 aromatic rings. The van der Waals surface area contributed by atoms with Crippen molar-refractivity contribution in [3.05, 3.63) is 0 Å². The van der Waals surface area contributed by atoms with E-state index in [4.69, 9.17) is 5.11 Å². The van der Waals surface area contributed by atoms with Crippen molar-refractivity contribution in [1.29, 1.82) is 0 Å². The first-order chi connectivity index (χ1) is 3.41. The van der Waals surface area contributed by atoms with Crippen molar-refractivity contribution in [2.75, 3.05) is 6.61 Å². The van der Waals surface area contributed by atoms with E-state index in [0.717, 1.165) is 6.42 Å². The van der Waals surface area contributed by atoms with Gasteiger partial charge < -0.3 is 5.11 Å². The average molecular weight is 203 g/mol. The Kier molecular flexibility index (Phi) is 15.0. The van der Waals surface area contributed by atoms with Crippen molar-refractivity contribution in [1.82, 2.24) is 0 Å². The summed E-state index contributed by atoms with van der Waals surface area (Å²) in [5, 5.41) is 8.29. The fourth-order valence-electron chi connectivity index (χ4n) is 0.539. The molecule has 0 rings (SSSR count). The van der Waals surface area contributed by atoms with Gasteiger partial charge in [0.2, 0.25) is 0 Å². The van der Waals surface area contributed by atoms with Gasteiger partial charge in [-0.1, -0.05) is 26.2 Å². The predicted octanol–water partition coefficient (Wildman–Crippen LogP) is 1.56. The van der Waals surface area contributed by atoms with Crippen LogP contribution in [0, 0.1) is 0 Å². The molecule has 0 atom stereocenters. The molecule has 0 aliphatic rings. The molecule has 0 bridgehead atoms. The molecule has 1 nitrogen and oxygen atoms in total. The number of aliphatic hydroxyl groups is 1. The number of hydrogen-bond donors (Lipinski definition) is 1. The summed E-state index contributed by atoms with van der Waals surface area (Å²) in [5.74, 6) is 0. The third-order valence-corrected chi connectivity index (χ3v) is 1.01. The molecule has 8 heavy (non-hydrogen) atoms. The van der Waals surface area contributed by atoms with Crippen LogP contribution in [-0.2, 0) is 19.5 Å². The van der Waals surface area contributed by atoms with E-state index in [2.05, 4.69) is 6.92 Å². The fourth-order valence-corrected chi connectivity index (χ4v) is 0.539. The Morgan fingerprint density at radius 1 is 1.12 bits per heavy atom. The van der Waals surface area contributed by atoms with Gasteiger partial charge in [-0.2, -0.15) is 0 Å². The Labute approximate surface area is 64.2 Å². The maximum Gasteiger partial charge on any atom is 0.0431 e. The summed E-state index contributed by atoms with van der Waals surface area (Å²) in [6.07, 6.45) is 4.68. The summed E-state index contributed by atoms with van der Waals surface area (Å²) >= 11 is 0. The fraction of sp³-hybridized carbons (Fsp3) is 1.00. The van der Waals surface area contributed by atoms with Gasteiger partial charge in [-0.25, -0.2) is 0 Å². The van der Waals surface area contributed by atoms with Gasteiger partial charge in [0.1, 0.15) is 0 Å². The second-order valence-electron chi connectivity index (χ2n) is 1.78. The van der Waals surface area contributed by atoms with Crippen molar-refractivity contribution in [3.63, 3.8) is 0 Å². The molecule has 0 heterocycles. The smallest absolute Gasteiger partial charge is 0.0431 e. The summed E-state index contributed by atoms with van der Waals surface area (Å²) < 4.78 is 0. The molecular formula is C6H14ORu. The first kappa shape index (κ1) is 11.4. The zero-order valence-corrected chi connectivity index (χ0v) is 7.07. The Balaban J connectivity index is 0. The summed E-state index contributed by atoms with van der Waals surface area (Å²) in [4.78, 5) is 0. The normalized spacial score (nSPS) is 8.25. The number of hydrogen-bond acceptors (Lipinski definition) is 1. The van der Waals surface area contributed by atoms with E-state index < -0.39 is 0 Å². The molecule has 0 saturated carbocycles. The SMILES string of the molecule is CCCCCCO.[Ru]. The zero-order valence-electron chi connectivity index (χ0n) is 5.34. The van der Waals surface area contributed by atoms with Gasteiger partial charge in [-0.05, 0) is 6.42 Å². The monoisotopic (exact) mass is 204 g/mol. The molecule has 0 spiro atoms. The van der Waals surface area contributed by atoms with Gasteiger partial charge >= 0.3 is 0 Å². The Morgan fingerprint density at radius 2 is 1.75 bits per heavy atom. The van der Waals surface area contributed by atoms with Crippen LogP contribution in [0.4, 0.5) is 0 Å². The van der Waals surface area contributed by atoms with Crippen LogP contribution < -0.4 is 0 Å². The van der Waals surface area contributed by atoms with E-state index in [1.165, 1.54) is 19.3 Å². The van der Waals surface area contributed by atoms with E-state index in [1.54, 1.807) is 0 Å². The van der Waals surface area contributed by atoms with Crippen molar-refractivity contribution >= 4 is 0 Å². The quantitative estimate of drug-likeness (QED) is 0.543. The second-order valence-corrected chi connectivity index (χ2v) is 1.78. The van der Waals surface area contributed by atoms with Gasteiger partial charge in [-0.3, -0.25) is 0 Å². The maximum atomic E-state index is 8.29. The van der Waals surface area contributed by atoms with Crippen molar-refractivity contribution in [2.45, 2.75) is 32.6 Å². The van der Waals surface area contributed by atoms with Gasteiger partial charge in [0.15, 0.2) is 0 Å². The van der Waals surface area contributed by atoms with Gasteiger partial charge in [0.25, 0.3) is 0 Å². The number of unbranched alkanes of at least 4 members (excludes halogenated alkanes) is 3. The largest absolute Gasteiger partial charge is 0.396 e. The van der Waals surface area contributed by atoms with Crippen LogP contribution in [0.15, 0.2) is 0 Å². The number of rotatable bonds is 4. The first-order valence-electron chi connectivity index (χ1n) is 3.02. The van der Waals surface area contributed by atoms with Crippen LogP contribution in [-0.4, -0.2) is 11.7 Å². The molecule has 52 valence electrons. The zero-order chi connectivity index (χ0) is 5.54. The second kappa shape index (κ2) is 10.5. The maximum absolute atomic E-state index is 8.29. The molecule has 0 aromatic heterocycles. The molecule has 0 unspecified atom stereocenters. The van der Waals surface area contributed by atoms with Crippen LogP contribution >= 0.6 is 0 Å². The Morgan fingerprint density at radius 3 is 2.12 bits per heavy atom. The standard InChI is InChI=1S/C6H14O.Ru/c1-2-3-4-5-6-7;/h7H,2-6H2,1H3;. The molecule has 0 aromatic carbocycles. The van der Waals surface area contributed by atoms with Crippen molar-refractivity contribution < 1.29 is 24.6 Å². The third kappa shape index (κ3) is 9.77. The van der Waals surface area contributed by atoms with Gasteiger partial charge in [0, 0.05) is 26.1 Å². The molecule has 0 saturated heterocycles. The van der Waals surface area contributed by atoms with Crippen LogP contribution in [0.25, 0.3) is 0 Å². The molecular weight excluding hydrogens is 189 g/mol. The van der Waals surface area contributed by atoms with Crippen molar-refractivity contribution in [2.24, 2.45) is 0 Å². The molecule has 0 aliphatic heterocycles. The van der Waals surface area contributed by atoms with Crippen LogP contribution in [0.5, 0.6) is 0 Å². The molecule has 0 amide bonds. The molecule has 2 heteroatoms. The summed E-state index contributed by atoms with van der Waals surface area (Å²) in [6, 6.07) is 0. The van der Waals surface area contributed by atoms with E-state index in [9.17, 15) is 0 Å². The van der Waals surface area contributed by atoms with Crippen LogP contribution in [0.3, 0.4) is 0 Å². The predicted molar refractivity (Wildman–Crippen MR) is 31.2 cm³/mol. The van der Waals surface area contributed by atoms with Gasteiger partial charge in [-0.15, -0.1) is 0 Å². The topological polar surface area (TPSA) is 20.2 Å². The van der Waals surface area contributed by atoms with E-state index in [0.29, 0.717) is 6.61 Å². The van der Waals surface area contributed by atoms with Crippen molar-refractivity contribution in [3.8, 4) is 0 Å². The van der Waals surface area contributed by atoms with E-state index >= 15 is 0 Å². The summed E-state index contributed by atoms with van der Waals surface area (Å²) in [6.45, 7) is 2.53. The summed E-state index contributed by atoms with van der Waals surface area (Å²) in [5.41, 5.74) is 0. The minimum absolute atomic E-state index is 0. The molecule has 0 radical (unpaired) electrons. The molecule has 0 fully saturated rings. The molecule has 1 N–H and O–H groups in total. The van der Waals surface area contributed by atoms with E-state index in [1.807, 2.05) is 0 Å². The number of aliphatic hydroxyl groups excluding tert-OH is 1. The van der Waals surface area contributed by atoms with Gasteiger partial charge in [0.05, 0.1) is 0 Å². The average Bonchev–Trinajstić information content (AvgIpc) is 1.69. The molecule has 0 aliphatic carbocycles. The third-order valence-electron chi connectivity index (χ3n) is 1.01. The minimum Gasteiger partial charge on any atom is -0.396 e. The van der Waals surface area contributed by atoms with Crippen LogP contribution in [0.2, 0.25) is 0 Å². The first-order valence-corrected chi connectivity index (χ1v) is 3.02. The van der Waals surface area contributed by atoms with Crippen LogP contribution in [0.1, 0.15) is 32.6 Å². The Hall–Kier alpha value is 0.583. The van der Waals surface area contributed by atoms with E-state index in [-0.39, 0.29) is 19.5 Å². The Bertz CT molecular complexity index is 27.7. The summed E-state index contributed by atoms with van der Waals surface area (Å²) in [7, 11) is 0. The minimum atomic E-state index is 0.